The number of benzene rings is 2. The fourth-order valence-corrected chi connectivity index (χ4v) is 7.89. The summed E-state index contributed by atoms with van der Waals surface area (Å²) in [5.41, 5.74) is 13.3. The molecule has 1 atom stereocenters. The summed E-state index contributed by atoms with van der Waals surface area (Å²) < 4.78 is 36.1. The standard InChI is InChI=1S/C32H42N8O6S.2ClH/c1-20(33)38-15-13-25(14-16-38)46-24-10-8-23(9-11-24)39(47(44,45)19-29(41)42)18-28-37-26-17-22(31(34)35)7-12-27(26)40(28)30(32(36)43)21-5-3-2-4-6-21;;/h7-12,17,21,25,30,33H,2-6,13-16,18-19H2,1H3,(H3,34,35)(H2,36,43)(H,41,42);2*1H. The third-order valence-electron chi connectivity index (χ3n) is 9.01. The van der Waals surface area contributed by atoms with Crippen molar-refractivity contribution in [1.29, 1.82) is 10.8 Å². The van der Waals surface area contributed by atoms with Gasteiger partial charge in [-0.05, 0) is 68.1 Å². The van der Waals surface area contributed by atoms with E-state index in [0.29, 0.717) is 41.3 Å². The van der Waals surface area contributed by atoms with Crippen molar-refractivity contribution in [2.24, 2.45) is 17.4 Å². The monoisotopic (exact) mass is 738 g/mol. The first kappa shape index (κ1) is 39.4. The van der Waals surface area contributed by atoms with Crippen molar-refractivity contribution < 1.29 is 27.9 Å². The lowest BCUT2D eigenvalue weighted by atomic mass is 9.83. The molecule has 1 aliphatic heterocycles. The van der Waals surface area contributed by atoms with Crippen molar-refractivity contribution in [3.05, 3.63) is 53.9 Å². The molecule has 1 amide bonds. The van der Waals surface area contributed by atoms with Crippen molar-refractivity contribution in [2.75, 3.05) is 23.1 Å². The molecule has 17 heteroatoms. The molecule has 1 aliphatic carbocycles. The van der Waals surface area contributed by atoms with Gasteiger partial charge < -0.3 is 30.8 Å². The summed E-state index contributed by atoms with van der Waals surface area (Å²) in [5, 5.41) is 25.2. The second kappa shape index (κ2) is 16.5. The minimum absolute atomic E-state index is 0. The quantitative estimate of drug-likeness (QED) is 0.133. The zero-order valence-electron chi connectivity index (χ0n) is 27.2. The molecule has 0 radical (unpaired) electrons. The molecule has 14 nitrogen and oxygen atoms in total. The second-order valence-corrected chi connectivity index (χ2v) is 14.2. The second-order valence-electron chi connectivity index (χ2n) is 12.3. The molecule has 2 aliphatic rings. The van der Waals surface area contributed by atoms with Gasteiger partial charge in [0.1, 0.15) is 29.6 Å². The number of nitrogen functional groups attached to an aromatic ring is 1. The van der Waals surface area contributed by atoms with Crippen LogP contribution < -0.4 is 20.5 Å². The van der Waals surface area contributed by atoms with Gasteiger partial charge in [-0.3, -0.25) is 24.7 Å². The number of carbonyl (C=O) groups is 2. The number of carbonyl (C=O) groups excluding carboxylic acids is 1. The van der Waals surface area contributed by atoms with E-state index in [1.807, 2.05) is 4.90 Å². The number of sulfonamides is 1. The van der Waals surface area contributed by atoms with Crippen molar-refractivity contribution in [2.45, 2.75) is 70.6 Å². The molecule has 5 rings (SSSR count). The van der Waals surface area contributed by atoms with Gasteiger partial charge in [0.2, 0.25) is 15.9 Å². The van der Waals surface area contributed by atoms with Crippen molar-refractivity contribution in [3.8, 4) is 5.75 Å². The molecule has 0 bridgehead atoms. The number of aliphatic carboxylic acids is 1. The van der Waals surface area contributed by atoms with E-state index in [4.69, 9.17) is 32.0 Å². The van der Waals surface area contributed by atoms with E-state index in [9.17, 15) is 23.1 Å². The number of rotatable bonds is 12. The first-order valence-electron chi connectivity index (χ1n) is 15.8. The molecule has 1 saturated heterocycles. The third-order valence-corrected chi connectivity index (χ3v) is 10.6. The Morgan fingerprint density at radius 2 is 1.65 bits per heavy atom. The van der Waals surface area contributed by atoms with Crippen LogP contribution in [0, 0.1) is 16.7 Å². The summed E-state index contributed by atoms with van der Waals surface area (Å²) in [4.78, 5) is 31.5. The average molecular weight is 740 g/mol. The number of amidine groups is 2. The summed E-state index contributed by atoms with van der Waals surface area (Å²) in [6.45, 7) is 2.80. The van der Waals surface area contributed by atoms with Crippen molar-refractivity contribution in [1.82, 2.24) is 14.5 Å². The Kier molecular flexibility index (Phi) is 13.3. The number of anilines is 1. The highest BCUT2D eigenvalue weighted by Crippen LogP contribution is 2.37. The van der Waals surface area contributed by atoms with Crippen LogP contribution in [0.2, 0.25) is 0 Å². The number of primary amides is 1. The number of halogens is 2. The number of hydrogen-bond acceptors (Lipinski definition) is 8. The van der Waals surface area contributed by atoms with Crippen molar-refractivity contribution in [3.63, 3.8) is 0 Å². The van der Waals surface area contributed by atoms with Crippen LogP contribution in [0.25, 0.3) is 11.0 Å². The molecule has 0 spiro atoms. The number of nitrogens with two attached hydrogens (primary N) is 2. The Morgan fingerprint density at radius 1 is 1.02 bits per heavy atom. The maximum atomic E-state index is 13.6. The van der Waals surface area contributed by atoms with E-state index in [-0.39, 0.29) is 60.7 Å². The molecule has 268 valence electrons. The maximum Gasteiger partial charge on any atom is 0.320 e. The Bertz CT molecular complexity index is 1770. The van der Waals surface area contributed by atoms with E-state index < -0.39 is 33.7 Å². The number of likely N-dealkylation sites (tertiary alicyclic amines) is 1. The SMILES string of the molecule is CC(=N)N1CCC(Oc2ccc(N(Cc3nc4cc(C(=N)N)ccc4n3C(C(N)=O)C3CCCCC3)S(=O)(=O)CC(=O)O)cc2)CC1.Cl.Cl. The average Bonchev–Trinajstić information content (AvgIpc) is 3.37. The molecule has 2 heterocycles. The Hall–Kier alpha value is -4.08. The number of amides is 1. The normalized spacial score (nSPS) is 16.2. The number of fused-ring (bicyclic) bond motifs is 1. The Labute approximate surface area is 298 Å². The van der Waals surface area contributed by atoms with E-state index in [0.717, 1.165) is 49.3 Å². The predicted octanol–water partition coefficient (Wildman–Crippen LogP) is 4.03. The smallest absolute Gasteiger partial charge is 0.320 e. The first-order valence-corrected chi connectivity index (χ1v) is 17.4. The summed E-state index contributed by atoms with van der Waals surface area (Å²) in [7, 11) is -4.43. The predicted molar refractivity (Wildman–Crippen MR) is 193 cm³/mol. The Balaban J connectivity index is 0.00000325. The fraction of sp³-hybridized carbons (Fsp3) is 0.469. The van der Waals surface area contributed by atoms with Gasteiger partial charge >= 0.3 is 5.97 Å². The van der Waals surface area contributed by atoms with Crippen LogP contribution in [0.1, 0.15) is 69.3 Å². The van der Waals surface area contributed by atoms with Gasteiger partial charge in [0.15, 0.2) is 5.75 Å². The van der Waals surface area contributed by atoms with Gasteiger partial charge in [0.05, 0.1) is 29.1 Å². The number of carboxylic acid groups (broad SMARTS) is 1. The van der Waals surface area contributed by atoms with Crippen LogP contribution in [0.15, 0.2) is 42.5 Å². The summed E-state index contributed by atoms with van der Waals surface area (Å²) >= 11 is 0. The summed E-state index contributed by atoms with van der Waals surface area (Å²) in [5.74, 6) is -2.27. The zero-order chi connectivity index (χ0) is 33.9. The molecule has 7 N–H and O–H groups in total. The minimum atomic E-state index is -4.43. The minimum Gasteiger partial charge on any atom is -0.490 e. The molecule has 1 saturated carbocycles. The highest BCUT2D eigenvalue weighted by molar-refractivity contribution is 7.93. The van der Waals surface area contributed by atoms with Gasteiger partial charge in [-0.1, -0.05) is 19.3 Å². The van der Waals surface area contributed by atoms with E-state index >= 15 is 0 Å². The van der Waals surface area contributed by atoms with Crippen LogP contribution in [-0.2, 0) is 26.2 Å². The van der Waals surface area contributed by atoms with Crippen LogP contribution >= 0.6 is 24.8 Å². The first-order chi connectivity index (χ1) is 22.3. The number of carboxylic acids is 1. The fourth-order valence-electron chi connectivity index (χ4n) is 6.66. The van der Waals surface area contributed by atoms with Gasteiger partial charge in [0.25, 0.3) is 0 Å². The number of aromatic nitrogens is 2. The van der Waals surface area contributed by atoms with Crippen LogP contribution in [-0.4, -0.2) is 76.5 Å². The third kappa shape index (κ3) is 9.13. The van der Waals surface area contributed by atoms with E-state index in [2.05, 4.69) is 0 Å². The molecule has 3 aromatic rings. The van der Waals surface area contributed by atoms with Gasteiger partial charge in [-0.2, -0.15) is 0 Å². The number of nitrogens with one attached hydrogen (secondary N) is 2. The molecule has 1 unspecified atom stereocenters. The molecular formula is C32H44Cl2N8O6S. The van der Waals surface area contributed by atoms with Crippen molar-refractivity contribution >= 4 is 75.1 Å². The number of imidazole rings is 1. The lowest BCUT2D eigenvalue weighted by molar-refractivity contribution is -0.134. The molecule has 1 aromatic heterocycles. The van der Waals surface area contributed by atoms with E-state index in [1.54, 1.807) is 54.0 Å². The molecule has 49 heavy (non-hydrogen) atoms. The summed E-state index contributed by atoms with van der Waals surface area (Å²) in [6, 6.07) is 10.5. The number of piperidine rings is 1. The summed E-state index contributed by atoms with van der Waals surface area (Å²) in [6.07, 6.45) is 5.85. The molecule has 2 fully saturated rings. The zero-order valence-corrected chi connectivity index (χ0v) is 29.7. The molecule has 2 aromatic carbocycles. The van der Waals surface area contributed by atoms with Crippen LogP contribution in [0.4, 0.5) is 5.69 Å². The van der Waals surface area contributed by atoms with Gasteiger partial charge in [-0.15, -0.1) is 24.8 Å². The van der Waals surface area contributed by atoms with Crippen LogP contribution in [0.5, 0.6) is 5.75 Å². The van der Waals surface area contributed by atoms with Gasteiger partial charge in [-0.25, -0.2) is 13.4 Å². The molecular weight excluding hydrogens is 695 g/mol. The highest BCUT2D eigenvalue weighted by atomic mass is 35.5. The maximum absolute atomic E-state index is 13.6. The van der Waals surface area contributed by atoms with Gasteiger partial charge in [0, 0.05) is 31.5 Å². The highest BCUT2D eigenvalue weighted by Gasteiger charge is 2.35. The number of nitrogens with zero attached hydrogens (tertiary/aromatic N) is 4. The lowest BCUT2D eigenvalue weighted by Gasteiger charge is -2.33. The van der Waals surface area contributed by atoms with Crippen LogP contribution in [0.3, 0.4) is 0 Å². The number of ether oxygens (including phenoxy) is 1. The Morgan fingerprint density at radius 3 is 2.20 bits per heavy atom. The van der Waals surface area contributed by atoms with E-state index in [1.165, 1.54) is 0 Å². The number of hydrogen-bond donors (Lipinski definition) is 5. The topological polar surface area (TPSA) is 222 Å². The largest absolute Gasteiger partial charge is 0.490 e. The lowest BCUT2D eigenvalue weighted by Crippen LogP contribution is -2.40.